The van der Waals surface area contributed by atoms with Crippen LogP contribution < -0.4 is 0 Å². The predicted molar refractivity (Wildman–Crippen MR) is 217 cm³/mol. The van der Waals surface area contributed by atoms with Crippen molar-refractivity contribution in [1.29, 1.82) is 0 Å². The molecule has 0 aliphatic carbocycles. The maximum atomic E-state index is 12.7. The summed E-state index contributed by atoms with van der Waals surface area (Å²) < 4.78 is 34.2. The van der Waals surface area contributed by atoms with Crippen LogP contribution in [0.5, 0.6) is 0 Å². The average Bonchev–Trinajstić information content (AvgIpc) is 3.09. The number of hydrogen-bond donors (Lipinski definition) is 2. The van der Waals surface area contributed by atoms with Gasteiger partial charge in [0.05, 0.1) is 33.9 Å². The first-order chi connectivity index (χ1) is 25.4. The molecule has 0 aromatic carbocycles. The maximum Gasteiger partial charge on any atom is 0.472 e. The van der Waals surface area contributed by atoms with Gasteiger partial charge in [0.25, 0.3) is 0 Å². The van der Waals surface area contributed by atoms with E-state index in [1.54, 1.807) is 0 Å². The number of aliphatic hydroxyl groups is 1. The lowest BCUT2D eigenvalue weighted by Crippen LogP contribution is -2.37. The predicted octanol–water partition coefficient (Wildman–Crippen LogP) is 10.5. The minimum absolute atomic E-state index is 0.0203. The maximum absolute atomic E-state index is 12.7. The number of rotatable bonds is 38. The minimum atomic E-state index is -4.39. The lowest BCUT2D eigenvalue weighted by molar-refractivity contribution is -0.870. The number of carbonyl (C=O) groups excluding carboxylic acids is 2. The molecule has 0 aromatic rings. The molecule has 0 aliphatic heterocycles. The van der Waals surface area contributed by atoms with E-state index in [4.69, 9.17) is 18.5 Å². The fourth-order valence-electron chi connectivity index (χ4n) is 5.68. The van der Waals surface area contributed by atoms with Gasteiger partial charge in [0.15, 0.2) is 6.10 Å². The van der Waals surface area contributed by atoms with E-state index in [1.807, 2.05) is 39.4 Å². The summed E-state index contributed by atoms with van der Waals surface area (Å²) in [7, 11) is 1.44. The first-order valence-electron chi connectivity index (χ1n) is 21.2. The van der Waals surface area contributed by atoms with Crippen molar-refractivity contribution in [2.24, 2.45) is 0 Å². The van der Waals surface area contributed by atoms with Crippen molar-refractivity contribution in [2.45, 2.75) is 187 Å². The van der Waals surface area contributed by atoms with Crippen LogP contribution in [0.25, 0.3) is 0 Å². The molecule has 0 amide bonds. The number of unbranched alkanes of at least 4 members (excludes halogenated alkanes) is 19. The number of likely N-dealkylation sites (N-methyl/N-ethyl adjacent to an activating group) is 1. The summed E-state index contributed by atoms with van der Waals surface area (Å²) in [5.74, 6) is -0.845. The Hall–Kier alpha value is -1.55. The number of aliphatic hydroxyl groups excluding tert-OH is 1. The van der Waals surface area contributed by atoms with Gasteiger partial charge in [0.2, 0.25) is 0 Å². The van der Waals surface area contributed by atoms with E-state index in [2.05, 4.69) is 19.9 Å². The van der Waals surface area contributed by atoms with Gasteiger partial charge in [-0.3, -0.25) is 18.6 Å². The Bertz CT molecular complexity index is 982. The highest BCUT2D eigenvalue weighted by atomic mass is 31.2. The molecule has 0 saturated carbocycles. The molecule has 0 rings (SSSR count). The second kappa shape index (κ2) is 34.9. The Kier molecular flexibility index (Phi) is 33.9. The number of phosphoric acid groups is 1. The molecule has 0 aromatic heterocycles. The minimum Gasteiger partial charge on any atom is -0.462 e. The van der Waals surface area contributed by atoms with E-state index < -0.39 is 26.5 Å². The molecular weight excluding hydrogens is 693 g/mol. The molecule has 0 saturated heterocycles. The number of nitrogens with zero attached hydrogens (tertiary/aromatic N) is 1. The molecule has 53 heavy (non-hydrogen) atoms. The van der Waals surface area contributed by atoms with Gasteiger partial charge in [-0.05, 0) is 32.1 Å². The lowest BCUT2D eigenvalue weighted by Gasteiger charge is -2.24. The zero-order valence-electron chi connectivity index (χ0n) is 34.6. The first-order valence-corrected chi connectivity index (χ1v) is 22.7. The van der Waals surface area contributed by atoms with Crippen LogP contribution in [-0.4, -0.2) is 86.1 Å². The third-order valence-corrected chi connectivity index (χ3v) is 10.1. The molecule has 0 spiro atoms. The quantitative estimate of drug-likeness (QED) is 0.0207. The lowest BCUT2D eigenvalue weighted by atomic mass is 10.0. The zero-order chi connectivity index (χ0) is 39.5. The first kappa shape index (κ1) is 51.5. The molecule has 3 atom stereocenters. The summed E-state index contributed by atoms with van der Waals surface area (Å²) in [5.41, 5.74) is 0. The molecule has 10 nitrogen and oxygen atoms in total. The van der Waals surface area contributed by atoms with E-state index in [9.17, 15) is 24.2 Å². The Balaban J connectivity index is 4.45. The van der Waals surface area contributed by atoms with E-state index in [0.29, 0.717) is 17.4 Å². The van der Waals surface area contributed by atoms with Crippen molar-refractivity contribution in [3.8, 4) is 0 Å². The molecular formula is C42H81NO9P+. The van der Waals surface area contributed by atoms with Crippen LogP contribution in [0.4, 0.5) is 0 Å². The van der Waals surface area contributed by atoms with Gasteiger partial charge < -0.3 is 24.0 Å². The molecule has 2 unspecified atom stereocenters. The monoisotopic (exact) mass is 775 g/mol. The molecule has 11 heteroatoms. The Labute approximate surface area is 324 Å². The number of ether oxygens (including phenoxy) is 2. The summed E-state index contributed by atoms with van der Waals surface area (Å²) in [6.45, 7) is 4.26. The van der Waals surface area contributed by atoms with E-state index in [-0.39, 0.29) is 38.1 Å². The summed E-state index contributed by atoms with van der Waals surface area (Å²) >= 11 is 0. The van der Waals surface area contributed by atoms with Gasteiger partial charge in [0.1, 0.15) is 19.8 Å². The largest absolute Gasteiger partial charge is 0.472 e. The standard InChI is InChI=1S/C42H80NO9P/c1-6-8-10-11-12-13-14-15-16-19-22-25-29-33-41(45)49-37-40(38-51-53(47,48)50-36-35-43(3,4)5)52-42(46)34-30-26-23-20-17-18-21-24-28-32-39(44)31-27-9-7-2/h21,24,28,32,39-40,44H,6-20,22-23,25-27,29-31,33-38H2,1-5H3/p+1/b24-21-,32-28+/t39?,40-/m1/s1. The fourth-order valence-corrected chi connectivity index (χ4v) is 6.42. The number of quaternary nitrogens is 1. The van der Waals surface area contributed by atoms with Crippen LogP contribution >= 0.6 is 7.82 Å². The number of phosphoric ester groups is 1. The van der Waals surface area contributed by atoms with Crippen molar-refractivity contribution >= 4 is 19.8 Å². The third kappa shape index (κ3) is 38.5. The number of esters is 2. The second-order valence-corrected chi connectivity index (χ2v) is 17.0. The number of allylic oxidation sites excluding steroid dienone is 3. The van der Waals surface area contributed by atoms with Crippen molar-refractivity contribution in [3.05, 3.63) is 24.3 Å². The molecule has 0 radical (unpaired) electrons. The molecule has 312 valence electrons. The molecule has 0 fully saturated rings. The topological polar surface area (TPSA) is 129 Å². The van der Waals surface area contributed by atoms with Gasteiger partial charge in [0, 0.05) is 12.8 Å². The van der Waals surface area contributed by atoms with Gasteiger partial charge in [-0.2, -0.15) is 0 Å². The molecule has 2 N–H and O–H groups in total. The van der Waals surface area contributed by atoms with Crippen LogP contribution in [0, 0.1) is 0 Å². The smallest absolute Gasteiger partial charge is 0.462 e. The zero-order valence-corrected chi connectivity index (χ0v) is 35.5. The summed E-state index contributed by atoms with van der Waals surface area (Å²) in [5, 5.41) is 9.93. The normalized spacial score (nSPS) is 14.5. The van der Waals surface area contributed by atoms with Crippen LogP contribution in [0.2, 0.25) is 0 Å². The van der Waals surface area contributed by atoms with Crippen molar-refractivity contribution in [1.82, 2.24) is 0 Å². The summed E-state index contributed by atoms with van der Waals surface area (Å²) in [6.07, 6.45) is 32.6. The number of carbonyl (C=O) groups is 2. The van der Waals surface area contributed by atoms with E-state index in [0.717, 1.165) is 77.0 Å². The van der Waals surface area contributed by atoms with Crippen LogP contribution in [0.1, 0.15) is 174 Å². The van der Waals surface area contributed by atoms with Crippen LogP contribution in [0.3, 0.4) is 0 Å². The highest BCUT2D eigenvalue weighted by Crippen LogP contribution is 2.43. The Morgan fingerprint density at radius 2 is 1.17 bits per heavy atom. The average molecular weight is 775 g/mol. The highest BCUT2D eigenvalue weighted by molar-refractivity contribution is 7.47. The molecule has 0 heterocycles. The van der Waals surface area contributed by atoms with Crippen molar-refractivity contribution in [2.75, 3.05) is 47.5 Å². The van der Waals surface area contributed by atoms with Gasteiger partial charge >= 0.3 is 19.8 Å². The van der Waals surface area contributed by atoms with Gasteiger partial charge in [-0.25, -0.2) is 4.57 Å². The SMILES string of the molecule is CCCCCCCCCCCCCCCC(=O)OC[C@H](COP(=O)(O)OCC[N+](C)(C)C)OC(=O)CCCCCCC/C=C\C=C\C(O)CCCCC. The second-order valence-electron chi connectivity index (χ2n) is 15.6. The van der Waals surface area contributed by atoms with Crippen LogP contribution in [-0.2, 0) is 32.7 Å². The van der Waals surface area contributed by atoms with Gasteiger partial charge in [-0.1, -0.05) is 154 Å². The summed E-state index contributed by atoms with van der Waals surface area (Å²) in [4.78, 5) is 35.3. The summed E-state index contributed by atoms with van der Waals surface area (Å²) in [6, 6.07) is 0. The highest BCUT2D eigenvalue weighted by Gasteiger charge is 2.27. The molecule has 0 bridgehead atoms. The molecule has 0 aliphatic rings. The van der Waals surface area contributed by atoms with E-state index in [1.165, 1.54) is 64.2 Å². The Morgan fingerprint density at radius 3 is 1.74 bits per heavy atom. The van der Waals surface area contributed by atoms with Gasteiger partial charge in [-0.15, -0.1) is 0 Å². The Morgan fingerprint density at radius 1 is 0.660 bits per heavy atom. The third-order valence-electron chi connectivity index (χ3n) is 9.09. The fraction of sp³-hybridized carbons (Fsp3) is 0.857. The van der Waals surface area contributed by atoms with Crippen molar-refractivity contribution in [3.63, 3.8) is 0 Å². The van der Waals surface area contributed by atoms with E-state index >= 15 is 0 Å². The van der Waals surface area contributed by atoms with Crippen molar-refractivity contribution < 1.29 is 47.2 Å². The number of hydrogen-bond acceptors (Lipinski definition) is 8. The van der Waals surface area contributed by atoms with Crippen LogP contribution in [0.15, 0.2) is 24.3 Å².